The third-order valence-corrected chi connectivity index (χ3v) is 4.70. The molecule has 1 N–H and O–H groups in total. The molecule has 116 valence electrons. The number of hydrogen-bond donors (Lipinski definition) is 1. The lowest BCUT2D eigenvalue weighted by atomic mass is 10.1. The van der Waals surface area contributed by atoms with Crippen molar-refractivity contribution in [2.24, 2.45) is 0 Å². The van der Waals surface area contributed by atoms with Crippen LogP contribution in [0.2, 0.25) is 0 Å². The maximum absolute atomic E-state index is 10.5. The van der Waals surface area contributed by atoms with Crippen molar-refractivity contribution >= 4 is 21.9 Å². The standard InChI is InChI=1S/C16H23BrN2O2/c1-13(14-4-6-15(17)7-5-14)19-11-9-18(10-12-19)8-2-3-16(20)21/h4-7,13H,2-3,8-12H2,1H3,(H,20,21). The first-order chi connectivity index (χ1) is 10.1. The van der Waals surface area contributed by atoms with E-state index in [1.807, 2.05) is 0 Å². The first-order valence-electron chi connectivity index (χ1n) is 7.50. The predicted octanol–water partition coefficient (Wildman–Crippen LogP) is 2.99. The van der Waals surface area contributed by atoms with E-state index in [4.69, 9.17) is 5.11 Å². The van der Waals surface area contributed by atoms with Gasteiger partial charge in [0.05, 0.1) is 0 Å². The van der Waals surface area contributed by atoms with Crippen molar-refractivity contribution in [3.05, 3.63) is 34.3 Å². The van der Waals surface area contributed by atoms with Crippen molar-refractivity contribution < 1.29 is 9.90 Å². The van der Waals surface area contributed by atoms with Crippen molar-refractivity contribution in [3.8, 4) is 0 Å². The molecule has 0 saturated carbocycles. The zero-order chi connectivity index (χ0) is 15.2. The molecule has 1 unspecified atom stereocenters. The van der Waals surface area contributed by atoms with Crippen LogP contribution in [0.3, 0.4) is 0 Å². The van der Waals surface area contributed by atoms with E-state index in [9.17, 15) is 4.79 Å². The SMILES string of the molecule is CC(c1ccc(Br)cc1)N1CCN(CCCC(=O)O)CC1. The van der Waals surface area contributed by atoms with Crippen LogP contribution in [0.1, 0.15) is 31.4 Å². The van der Waals surface area contributed by atoms with Crippen LogP contribution in [-0.4, -0.2) is 53.6 Å². The molecule has 1 atom stereocenters. The number of carbonyl (C=O) groups is 1. The summed E-state index contributed by atoms with van der Waals surface area (Å²) in [6.45, 7) is 7.30. The molecule has 5 heteroatoms. The van der Waals surface area contributed by atoms with Gasteiger partial charge in [-0.1, -0.05) is 28.1 Å². The minimum absolute atomic E-state index is 0.273. The van der Waals surface area contributed by atoms with E-state index in [2.05, 4.69) is 56.9 Å². The molecule has 0 aromatic heterocycles. The quantitative estimate of drug-likeness (QED) is 0.852. The molecule has 1 heterocycles. The fourth-order valence-corrected chi connectivity index (χ4v) is 3.04. The fraction of sp³-hybridized carbons (Fsp3) is 0.562. The average Bonchev–Trinajstić information content (AvgIpc) is 2.48. The van der Waals surface area contributed by atoms with Gasteiger partial charge in [0.25, 0.3) is 0 Å². The number of carboxylic acid groups (broad SMARTS) is 1. The summed E-state index contributed by atoms with van der Waals surface area (Å²) in [6, 6.07) is 8.96. The van der Waals surface area contributed by atoms with Gasteiger partial charge < -0.3 is 10.0 Å². The van der Waals surface area contributed by atoms with Crippen LogP contribution >= 0.6 is 15.9 Å². The van der Waals surface area contributed by atoms with Crippen LogP contribution in [0, 0.1) is 0 Å². The number of piperazine rings is 1. The minimum Gasteiger partial charge on any atom is -0.481 e. The Bertz CT molecular complexity index is 456. The zero-order valence-corrected chi connectivity index (χ0v) is 14.1. The molecule has 0 aliphatic carbocycles. The van der Waals surface area contributed by atoms with Crippen molar-refractivity contribution in [2.45, 2.75) is 25.8 Å². The lowest BCUT2D eigenvalue weighted by Crippen LogP contribution is -2.47. The smallest absolute Gasteiger partial charge is 0.303 e. The van der Waals surface area contributed by atoms with Crippen molar-refractivity contribution in [2.75, 3.05) is 32.7 Å². The molecule has 0 amide bonds. The Labute approximate surface area is 134 Å². The molecule has 0 radical (unpaired) electrons. The third kappa shape index (κ3) is 5.09. The van der Waals surface area contributed by atoms with Gasteiger partial charge in [0.15, 0.2) is 0 Å². The van der Waals surface area contributed by atoms with Crippen LogP contribution in [-0.2, 0) is 4.79 Å². The van der Waals surface area contributed by atoms with Gasteiger partial charge in [0.1, 0.15) is 0 Å². The van der Waals surface area contributed by atoms with E-state index in [0.29, 0.717) is 6.04 Å². The first kappa shape index (κ1) is 16.5. The summed E-state index contributed by atoms with van der Waals surface area (Å²) in [4.78, 5) is 15.4. The highest BCUT2D eigenvalue weighted by molar-refractivity contribution is 9.10. The molecule has 1 saturated heterocycles. The van der Waals surface area contributed by atoms with E-state index in [1.54, 1.807) is 0 Å². The number of aliphatic carboxylic acids is 1. The summed E-state index contributed by atoms with van der Waals surface area (Å²) >= 11 is 3.47. The third-order valence-electron chi connectivity index (χ3n) is 4.17. The predicted molar refractivity (Wildman–Crippen MR) is 87.4 cm³/mol. The minimum atomic E-state index is -0.697. The second-order valence-electron chi connectivity index (χ2n) is 5.60. The second kappa shape index (κ2) is 7.92. The summed E-state index contributed by atoms with van der Waals surface area (Å²) in [5, 5.41) is 8.67. The molecule has 21 heavy (non-hydrogen) atoms. The Kier molecular flexibility index (Phi) is 6.21. The summed E-state index contributed by atoms with van der Waals surface area (Å²) in [6.07, 6.45) is 1.02. The molecule has 1 aliphatic rings. The monoisotopic (exact) mass is 354 g/mol. The largest absolute Gasteiger partial charge is 0.481 e. The second-order valence-corrected chi connectivity index (χ2v) is 6.52. The molecular formula is C16H23BrN2O2. The highest BCUT2D eigenvalue weighted by Gasteiger charge is 2.21. The molecule has 2 rings (SSSR count). The van der Waals surface area contributed by atoms with Gasteiger partial charge in [-0.3, -0.25) is 9.69 Å². The van der Waals surface area contributed by atoms with Gasteiger partial charge >= 0.3 is 5.97 Å². The van der Waals surface area contributed by atoms with Gasteiger partial charge in [0, 0.05) is 43.1 Å². The molecule has 1 fully saturated rings. The number of carboxylic acids is 1. The highest BCUT2D eigenvalue weighted by atomic mass is 79.9. The summed E-state index contributed by atoms with van der Waals surface area (Å²) in [5.41, 5.74) is 1.34. The molecule has 1 aromatic carbocycles. The van der Waals surface area contributed by atoms with E-state index < -0.39 is 5.97 Å². The van der Waals surface area contributed by atoms with Crippen LogP contribution in [0.5, 0.6) is 0 Å². The Morgan fingerprint density at radius 2 is 1.86 bits per heavy atom. The molecule has 0 spiro atoms. The number of hydrogen-bond acceptors (Lipinski definition) is 3. The van der Waals surface area contributed by atoms with Crippen LogP contribution in [0.4, 0.5) is 0 Å². The maximum Gasteiger partial charge on any atom is 0.303 e. The first-order valence-corrected chi connectivity index (χ1v) is 8.29. The van der Waals surface area contributed by atoms with Gasteiger partial charge in [-0.05, 0) is 37.6 Å². The van der Waals surface area contributed by atoms with E-state index >= 15 is 0 Å². The molecule has 1 aromatic rings. The van der Waals surface area contributed by atoms with E-state index in [1.165, 1.54) is 5.56 Å². The van der Waals surface area contributed by atoms with Crippen molar-refractivity contribution in [1.82, 2.24) is 9.80 Å². The zero-order valence-electron chi connectivity index (χ0n) is 12.5. The van der Waals surface area contributed by atoms with Crippen LogP contribution in [0.25, 0.3) is 0 Å². The van der Waals surface area contributed by atoms with Gasteiger partial charge in [0.2, 0.25) is 0 Å². The number of benzene rings is 1. The lowest BCUT2D eigenvalue weighted by molar-refractivity contribution is -0.137. The number of nitrogens with zero attached hydrogens (tertiary/aromatic N) is 2. The highest BCUT2D eigenvalue weighted by Crippen LogP contribution is 2.23. The maximum atomic E-state index is 10.5. The number of halogens is 1. The topological polar surface area (TPSA) is 43.8 Å². The lowest BCUT2D eigenvalue weighted by Gasteiger charge is -2.38. The van der Waals surface area contributed by atoms with Crippen molar-refractivity contribution in [1.29, 1.82) is 0 Å². The van der Waals surface area contributed by atoms with E-state index in [-0.39, 0.29) is 6.42 Å². The van der Waals surface area contributed by atoms with Gasteiger partial charge in [-0.2, -0.15) is 0 Å². The summed E-state index contributed by atoms with van der Waals surface area (Å²) in [7, 11) is 0. The molecule has 0 bridgehead atoms. The summed E-state index contributed by atoms with van der Waals surface area (Å²) < 4.78 is 1.11. The molecule has 1 aliphatic heterocycles. The Hall–Kier alpha value is -0.910. The molecule has 4 nitrogen and oxygen atoms in total. The Morgan fingerprint density at radius 3 is 2.43 bits per heavy atom. The molecular weight excluding hydrogens is 332 g/mol. The van der Waals surface area contributed by atoms with Gasteiger partial charge in [-0.15, -0.1) is 0 Å². The Balaban J connectivity index is 1.77. The average molecular weight is 355 g/mol. The summed E-state index contributed by atoms with van der Waals surface area (Å²) in [5.74, 6) is -0.697. The van der Waals surface area contributed by atoms with Crippen LogP contribution in [0.15, 0.2) is 28.7 Å². The fourth-order valence-electron chi connectivity index (χ4n) is 2.78. The van der Waals surface area contributed by atoms with E-state index in [0.717, 1.165) is 43.6 Å². The number of rotatable bonds is 6. The van der Waals surface area contributed by atoms with Crippen LogP contribution < -0.4 is 0 Å². The Morgan fingerprint density at radius 1 is 1.24 bits per heavy atom. The van der Waals surface area contributed by atoms with Crippen molar-refractivity contribution in [3.63, 3.8) is 0 Å². The normalized spacial score (nSPS) is 18.6. The van der Waals surface area contributed by atoms with Gasteiger partial charge in [-0.25, -0.2) is 0 Å².